The van der Waals surface area contributed by atoms with Gasteiger partial charge in [0.15, 0.2) is 0 Å². The number of hydrogen-bond donors (Lipinski definition) is 0. The summed E-state index contributed by atoms with van der Waals surface area (Å²) in [5.41, 5.74) is 14.0. The molecule has 0 atom stereocenters. The zero-order chi connectivity index (χ0) is 32.1. The van der Waals surface area contributed by atoms with Crippen molar-refractivity contribution in [3.05, 3.63) is 174 Å². The Labute approximate surface area is 275 Å². The predicted octanol–water partition coefficient (Wildman–Crippen LogP) is 11.3. The van der Waals surface area contributed by atoms with Crippen molar-refractivity contribution < 1.29 is 0 Å². The molecule has 0 unspecified atom stereocenters. The average Bonchev–Trinajstić information content (AvgIpc) is 3.59. The van der Waals surface area contributed by atoms with E-state index in [0.717, 1.165) is 50.7 Å². The van der Waals surface area contributed by atoms with E-state index in [1.165, 1.54) is 32.9 Å². The number of fused-ring (bicyclic) bond motifs is 5. The molecule has 0 bridgehead atoms. The van der Waals surface area contributed by atoms with Crippen molar-refractivity contribution in [2.24, 2.45) is 9.98 Å². The van der Waals surface area contributed by atoms with E-state index < -0.39 is 0 Å². The maximum Gasteiger partial charge on any atom is 0.0696 e. The van der Waals surface area contributed by atoms with E-state index in [1.807, 2.05) is 25.1 Å². The Kier molecular flexibility index (Phi) is 6.84. The largest absolute Gasteiger partial charge is 0.309 e. The number of hydrogen-bond acceptors (Lipinski definition) is 2. The van der Waals surface area contributed by atoms with E-state index in [9.17, 15) is 0 Å². The second-order valence-corrected chi connectivity index (χ2v) is 12.8. The summed E-state index contributed by atoms with van der Waals surface area (Å²) in [5, 5.41) is 2.50. The Morgan fingerprint density at radius 2 is 1.23 bits per heavy atom. The summed E-state index contributed by atoms with van der Waals surface area (Å²) < 4.78 is 2.43. The topological polar surface area (TPSA) is 29.6 Å². The van der Waals surface area contributed by atoms with Crippen LogP contribution in [0.2, 0.25) is 0 Å². The molecule has 6 aromatic carbocycles. The van der Waals surface area contributed by atoms with Crippen LogP contribution in [0.1, 0.15) is 43.0 Å². The summed E-state index contributed by atoms with van der Waals surface area (Å²) >= 11 is 0. The van der Waals surface area contributed by atoms with Crippen LogP contribution in [0.25, 0.3) is 44.3 Å². The molecule has 0 radical (unpaired) electrons. The van der Waals surface area contributed by atoms with Gasteiger partial charge in [0, 0.05) is 33.1 Å². The van der Waals surface area contributed by atoms with Gasteiger partial charge in [-0.25, -0.2) is 0 Å². The highest BCUT2D eigenvalue weighted by molar-refractivity contribution is 6.19. The van der Waals surface area contributed by atoms with Crippen molar-refractivity contribution in [2.45, 2.75) is 26.2 Å². The molecule has 8 rings (SSSR count). The van der Waals surface area contributed by atoms with E-state index in [0.29, 0.717) is 0 Å². The molecule has 1 aliphatic heterocycles. The van der Waals surface area contributed by atoms with Gasteiger partial charge in [-0.2, -0.15) is 0 Å². The maximum atomic E-state index is 5.22. The van der Waals surface area contributed by atoms with Gasteiger partial charge < -0.3 is 4.57 Å². The van der Waals surface area contributed by atoms with Crippen molar-refractivity contribution in [3.63, 3.8) is 0 Å². The molecule has 0 amide bonds. The minimum absolute atomic E-state index is 0.266. The fraction of sp³-hybridized carbons (Fsp3) is 0.0909. The van der Waals surface area contributed by atoms with Crippen molar-refractivity contribution >= 4 is 44.6 Å². The predicted molar refractivity (Wildman–Crippen MR) is 200 cm³/mol. The summed E-state index contributed by atoms with van der Waals surface area (Å²) in [6.45, 7) is 10.9. The van der Waals surface area contributed by atoms with Crippen LogP contribution in [0.3, 0.4) is 0 Å². The van der Waals surface area contributed by atoms with Crippen molar-refractivity contribution in [3.8, 4) is 16.8 Å². The van der Waals surface area contributed by atoms with Crippen molar-refractivity contribution in [1.82, 2.24) is 4.57 Å². The number of nitrogens with zero attached hydrogens (tertiary/aromatic N) is 3. The van der Waals surface area contributed by atoms with Crippen molar-refractivity contribution in [1.29, 1.82) is 0 Å². The first-order valence-corrected chi connectivity index (χ1v) is 16.1. The smallest absolute Gasteiger partial charge is 0.0696 e. The molecule has 3 heteroatoms. The van der Waals surface area contributed by atoms with Gasteiger partial charge in [-0.3, -0.25) is 9.98 Å². The normalized spacial score (nSPS) is 13.9. The zero-order valence-corrected chi connectivity index (χ0v) is 26.9. The summed E-state index contributed by atoms with van der Waals surface area (Å²) in [4.78, 5) is 10.0. The van der Waals surface area contributed by atoms with E-state index >= 15 is 0 Å². The third-order valence-electron chi connectivity index (χ3n) is 9.48. The van der Waals surface area contributed by atoms with Crippen LogP contribution in [0.4, 0.5) is 5.69 Å². The first-order chi connectivity index (χ1) is 22.9. The average molecular weight is 606 g/mol. The SMILES string of the molecule is C=C(N=C(C)c1ccccc1)c1ccc(-c2ccc(-n3c4ccccc4c4ccc5c(c43)C(C)(C)C(c3ccccc3)=N5)cc2)cc1. The second kappa shape index (κ2) is 11.2. The van der Waals surface area contributed by atoms with Gasteiger partial charge >= 0.3 is 0 Å². The number of para-hydroxylation sites is 1. The van der Waals surface area contributed by atoms with Crippen LogP contribution in [0.5, 0.6) is 0 Å². The van der Waals surface area contributed by atoms with Crippen molar-refractivity contribution in [2.75, 3.05) is 0 Å². The van der Waals surface area contributed by atoms with E-state index in [4.69, 9.17) is 9.98 Å². The zero-order valence-electron chi connectivity index (χ0n) is 26.9. The first-order valence-electron chi connectivity index (χ1n) is 16.1. The lowest BCUT2D eigenvalue weighted by Crippen LogP contribution is -2.27. The summed E-state index contributed by atoms with van der Waals surface area (Å²) in [7, 11) is 0. The molecule has 0 saturated carbocycles. The third-order valence-corrected chi connectivity index (χ3v) is 9.48. The highest BCUT2D eigenvalue weighted by atomic mass is 15.0. The minimum Gasteiger partial charge on any atom is -0.309 e. The standard InChI is InChI=1S/C44H35N3/c1-29(31-13-7-5-8-14-31)45-30(2)32-19-21-33(22-20-32)34-23-25-36(26-24-34)47-40-18-12-11-17-37(40)38-27-28-39-41(42(38)47)44(3,4)43(46-39)35-15-9-6-10-16-35/h5-28H,2H2,1,3-4H3. The summed E-state index contributed by atoms with van der Waals surface area (Å²) in [6, 6.07) is 51.4. The Bertz CT molecular complexity index is 2350. The first kappa shape index (κ1) is 28.7. The molecule has 0 spiro atoms. The van der Waals surface area contributed by atoms with Gasteiger partial charge in [0.2, 0.25) is 0 Å². The lowest BCUT2D eigenvalue weighted by Gasteiger charge is -2.24. The molecule has 1 aromatic heterocycles. The monoisotopic (exact) mass is 605 g/mol. The van der Waals surface area contributed by atoms with Gasteiger partial charge in [-0.1, -0.05) is 128 Å². The summed E-state index contributed by atoms with van der Waals surface area (Å²) in [6.07, 6.45) is 0. The van der Waals surface area contributed by atoms with E-state index in [2.05, 4.69) is 152 Å². The van der Waals surface area contributed by atoms with Crippen LogP contribution in [-0.4, -0.2) is 16.0 Å². The quantitative estimate of drug-likeness (QED) is 0.169. The van der Waals surface area contributed by atoms with Gasteiger partial charge in [-0.05, 0) is 72.9 Å². The Morgan fingerprint density at radius 3 is 1.94 bits per heavy atom. The van der Waals surface area contributed by atoms with Gasteiger partial charge in [0.1, 0.15) is 0 Å². The van der Waals surface area contributed by atoms with Gasteiger partial charge in [0.25, 0.3) is 0 Å². The van der Waals surface area contributed by atoms with Crippen LogP contribution in [0.15, 0.2) is 162 Å². The molecule has 3 nitrogen and oxygen atoms in total. The Hall–Kier alpha value is -5.80. The fourth-order valence-electron chi connectivity index (χ4n) is 7.09. The van der Waals surface area contributed by atoms with Crippen LogP contribution in [0, 0.1) is 0 Å². The molecule has 226 valence electrons. The number of rotatable bonds is 6. The lowest BCUT2D eigenvalue weighted by molar-refractivity contribution is 0.741. The van der Waals surface area contributed by atoms with Crippen LogP contribution in [-0.2, 0) is 5.41 Å². The van der Waals surface area contributed by atoms with E-state index in [-0.39, 0.29) is 5.41 Å². The third kappa shape index (κ3) is 4.83. The number of benzene rings is 6. The molecule has 0 fully saturated rings. The molecule has 47 heavy (non-hydrogen) atoms. The Morgan fingerprint density at radius 1 is 0.617 bits per heavy atom. The van der Waals surface area contributed by atoms with Crippen LogP contribution < -0.4 is 0 Å². The van der Waals surface area contributed by atoms with Gasteiger partial charge in [-0.15, -0.1) is 0 Å². The number of aromatic nitrogens is 1. The van der Waals surface area contributed by atoms with Gasteiger partial charge in [0.05, 0.1) is 28.1 Å². The fourth-order valence-corrected chi connectivity index (χ4v) is 7.09. The maximum absolute atomic E-state index is 5.22. The lowest BCUT2D eigenvalue weighted by atomic mass is 9.78. The molecular weight excluding hydrogens is 571 g/mol. The summed E-state index contributed by atoms with van der Waals surface area (Å²) in [5.74, 6) is 0. The highest BCUT2D eigenvalue weighted by Gasteiger charge is 2.38. The Balaban J connectivity index is 1.16. The molecular formula is C44H35N3. The van der Waals surface area contributed by atoms with E-state index in [1.54, 1.807) is 0 Å². The molecule has 0 N–H and O–H groups in total. The molecule has 2 heterocycles. The van der Waals surface area contributed by atoms with Crippen LogP contribution >= 0.6 is 0 Å². The highest BCUT2D eigenvalue weighted by Crippen LogP contribution is 2.48. The minimum atomic E-state index is -0.266. The molecule has 7 aromatic rings. The molecule has 1 aliphatic rings. The number of aliphatic imine (C=N–C) groups is 2. The second-order valence-electron chi connectivity index (χ2n) is 12.8. The molecule has 0 aliphatic carbocycles. The molecule has 0 saturated heterocycles.